The monoisotopic (exact) mass is 372 g/mol. The zero-order chi connectivity index (χ0) is 19.1. The minimum atomic E-state index is -1.20. The van der Waals surface area contributed by atoms with Crippen LogP contribution in [0.4, 0.5) is 5.82 Å². The van der Waals surface area contributed by atoms with Gasteiger partial charge in [0.05, 0.1) is 6.20 Å². The molecule has 146 valence electrons. The first-order chi connectivity index (χ1) is 13.0. The van der Waals surface area contributed by atoms with Crippen LogP contribution in [0.15, 0.2) is 17.8 Å². The molecule has 2 heterocycles. The maximum absolute atomic E-state index is 12.7. The first-order valence-corrected chi connectivity index (χ1v) is 9.94. The fraction of sp³-hybridized carbons (Fsp3) is 0.600. The molecule has 1 aromatic rings. The van der Waals surface area contributed by atoms with Gasteiger partial charge in [-0.2, -0.15) is 9.78 Å². The summed E-state index contributed by atoms with van der Waals surface area (Å²) in [6.45, 7) is 4.69. The van der Waals surface area contributed by atoms with Crippen LogP contribution in [0, 0.1) is 5.92 Å². The number of aliphatic hydroxyl groups excluding tert-OH is 2. The highest BCUT2D eigenvalue weighted by molar-refractivity contribution is 6.01. The number of allylic oxidation sites excluding steroid dienone is 2. The van der Waals surface area contributed by atoms with E-state index in [0.717, 1.165) is 37.7 Å². The molecule has 2 aliphatic carbocycles. The second kappa shape index (κ2) is 7.03. The molecule has 1 amide bonds. The molecular formula is C20H28N4O3. The summed E-state index contributed by atoms with van der Waals surface area (Å²) < 4.78 is 1.40. The van der Waals surface area contributed by atoms with Crippen LogP contribution in [0.1, 0.15) is 57.9 Å². The first kappa shape index (κ1) is 18.1. The predicted octanol–water partition coefficient (Wildman–Crippen LogP) is 2.64. The third-order valence-electron chi connectivity index (χ3n) is 5.37. The van der Waals surface area contributed by atoms with Gasteiger partial charge in [-0.15, -0.1) is 0 Å². The van der Waals surface area contributed by atoms with Gasteiger partial charge in [0.1, 0.15) is 11.4 Å². The Bertz CT molecular complexity index is 804. The Morgan fingerprint density at radius 2 is 2.15 bits per heavy atom. The van der Waals surface area contributed by atoms with E-state index in [1.807, 2.05) is 0 Å². The van der Waals surface area contributed by atoms with Crippen molar-refractivity contribution in [1.82, 2.24) is 15.1 Å². The van der Waals surface area contributed by atoms with Crippen LogP contribution in [0.3, 0.4) is 0 Å². The highest BCUT2D eigenvalue weighted by atomic mass is 16.3. The molecule has 1 unspecified atom stereocenters. The van der Waals surface area contributed by atoms with Crippen LogP contribution in [0.25, 0.3) is 11.5 Å². The van der Waals surface area contributed by atoms with E-state index in [2.05, 4.69) is 30.3 Å². The molecule has 3 aliphatic rings. The average molecular weight is 372 g/mol. The Morgan fingerprint density at radius 3 is 2.78 bits per heavy atom. The molecule has 1 fully saturated rings. The Morgan fingerprint density at radius 1 is 1.37 bits per heavy atom. The highest BCUT2D eigenvalue weighted by Gasteiger charge is 2.40. The number of amides is 1. The summed E-state index contributed by atoms with van der Waals surface area (Å²) in [6.07, 6.45) is 8.95. The zero-order valence-corrected chi connectivity index (χ0v) is 16.0. The van der Waals surface area contributed by atoms with Crippen LogP contribution in [0.2, 0.25) is 0 Å². The maximum Gasteiger partial charge on any atom is 0.257 e. The van der Waals surface area contributed by atoms with Crippen LogP contribution in [-0.4, -0.2) is 44.7 Å². The van der Waals surface area contributed by atoms with Crippen molar-refractivity contribution in [2.45, 2.75) is 64.6 Å². The van der Waals surface area contributed by atoms with Gasteiger partial charge in [0, 0.05) is 18.2 Å². The molecule has 27 heavy (non-hydrogen) atoms. The second-order valence-corrected chi connectivity index (χ2v) is 8.17. The largest absolute Gasteiger partial charge is 0.493 e. The van der Waals surface area contributed by atoms with Gasteiger partial charge in [0.15, 0.2) is 6.23 Å². The standard InChI is InChI=1S/C20H28N4O3/c1-12(2)11-23-18-15(13-6-4-3-5-7-13)10-21-24(18)20(27)16(19(23)26)17(25)22-14-8-9-14/h6,10,12,14,19,26-27H,3-5,7-9,11H2,1-2H3,(H,22,25). The van der Waals surface area contributed by atoms with Crippen molar-refractivity contribution in [2.24, 2.45) is 5.92 Å². The highest BCUT2D eigenvalue weighted by Crippen LogP contribution is 2.39. The lowest BCUT2D eigenvalue weighted by Gasteiger charge is -2.37. The molecule has 1 aromatic heterocycles. The summed E-state index contributed by atoms with van der Waals surface area (Å²) >= 11 is 0. The predicted molar refractivity (Wildman–Crippen MR) is 104 cm³/mol. The van der Waals surface area contributed by atoms with Gasteiger partial charge in [-0.25, -0.2) is 0 Å². The van der Waals surface area contributed by atoms with E-state index < -0.39 is 12.1 Å². The average Bonchev–Trinajstić information content (AvgIpc) is 3.33. The van der Waals surface area contributed by atoms with E-state index in [0.29, 0.717) is 12.4 Å². The Hall–Kier alpha value is -2.28. The number of carbonyl (C=O) groups is 1. The summed E-state index contributed by atoms with van der Waals surface area (Å²) in [5.74, 6) is 0.239. The van der Waals surface area contributed by atoms with E-state index in [-0.39, 0.29) is 23.4 Å². The lowest BCUT2D eigenvalue weighted by atomic mass is 9.94. The summed E-state index contributed by atoms with van der Waals surface area (Å²) in [5.41, 5.74) is 2.10. The molecule has 0 radical (unpaired) electrons. The van der Waals surface area contributed by atoms with Gasteiger partial charge >= 0.3 is 0 Å². The number of anilines is 1. The third-order valence-corrected chi connectivity index (χ3v) is 5.37. The topological polar surface area (TPSA) is 90.6 Å². The van der Waals surface area contributed by atoms with Gasteiger partial charge in [-0.05, 0) is 50.0 Å². The minimum Gasteiger partial charge on any atom is -0.493 e. The Kier molecular flexibility index (Phi) is 4.72. The number of aromatic nitrogens is 2. The minimum absolute atomic E-state index is 0.0256. The lowest BCUT2D eigenvalue weighted by Crippen LogP contribution is -2.48. The molecule has 0 saturated heterocycles. The van der Waals surface area contributed by atoms with Crippen molar-refractivity contribution in [3.8, 4) is 0 Å². The Balaban J connectivity index is 1.79. The van der Waals surface area contributed by atoms with Crippen molar-refractivity contribution in [3.63, 3.8) is 0 Å². The van der Waals surface area contributed by atoms with E-state index >= 15 is 0 Å². The molecule has 3 N–H and O–H groups in total. The zero-order valence-electron chi connectivity index (χ0n) is 16.0. The van der Waals surface area contributed by atoms with Crippen molar-refractivity contribution >= 4 is 23.2 Å². The molecule has 1 aliphatic heterocycles. The number of nitrogens with zero attached hydrogens (tertiary/aromatic N) is 3. The molecule has 7 nitrogen and oxygen atoms in total. The van der Waals surface area contributed by atoms with Gasteiger partial charge in [0.2, 0.25) is 5.88 Å². The summed E-state index contributed by atoms with van der Waals surface area (Å²) in [5, 5.41) is 29.0. The van der Waals surface area contributed by atoms with Crippen molar-refractivity contribution < 1.29 is 15.0 Å². The van der Waals surface area contributed by atoms with Crippen LogP contribution >= 0.6 is 0 Å². The molecule has 7 heteroatoms. The number of hydrogen-bond donors (Lipinski definition) is 3. The molecule has 0 aromatic carbocycles. The van der Waals surface area contributed by atoms with Crippen molar-refractivity contribution in [3.05, 3.63) is 23.4 Å². The number of hydrogen-bond acceptors (Lipinski definition) is 5. The number of nitrogens with one attached hydrogen (secondary N) is 1. The molecule has 1 saturated carbocycles. The normalized spacial score (nSPS) is 22.7. The number of rotatable bonds is 5. The summed E-state index contributed by atoms with van der Waals surface area (Å²) in [7, 11) is 0. The number of fused-ring (bicyclic) bond motifs is 1. The number of aliphatic hydroxyl groups is 2. The maximum atomic E-state index is 12.7. The van der Waals surface area contributed by atoms with Crippen molar-refractivity contribution in [2.75, 3.05) is 11.4 Å². The van der Waals surface area contributed by atoms with E-state index in [1.54, 1.807) is 11.1 Å². The lowest BCUT2D eigenvalue weighted by molar-refractivity contribution is -0.118. The summed E-state index contributed by atoms with van der Waals surface area (Å²) in [6, 6.07) is 0.144. The van der Waals surface area contributed by atoms with Gasteiger partial charge in [0.25, 0.3) is 5.91 Å². The second-order valence-electron chi connectivity index (χ2n) is 8.17. The summed E-state index contributed by atoms with van der Waals surface area (Å²) in [4.78, 5) is 14.4. The van der Waals surface area contributed by atoms with E-state index in [4.69, 9.17) is 0 Å². The first-order valence-electron chi connectivity index (χ1n) is 9.94. The SMILES string of the molecule is CC(C)CN1c2c(C3=CCCCC3)cnn2C(O)=C(C(=O)NC2CC2)C1O. The smallest absolute Gasteiger partial charge is 0.257 e. The van der Waals surface area contributed by atoms with Gasteiger partial charge in [-0.1, -0.05) is 19.9 Å². The fourth-order valence-corrected chi connectivity index (χ4v) is 3.87. The number of carbonyl (C=O) groups excluding carboxylic acids is 1. The van der Waals surface area contributed by atoms with Gasteiger partial charge < -0.3 is 20.4 Å². The van der Waals surface area contributed by atoms with E-state index in [9.17, 15) is 15.0 Å². The Labute approximate surface area is 159 Å². The molecule has 4 rings (SSSR count). The quantitative estimate of drug-likeness (QED) is 0.739. The van der Waals surface area contributed by atoms with Crippen LogP contribution in [0.5, 0.6) is 0 Å². The third kappa shape index (κ3) is 3.36. The van der Waals surface area contributed by atoms with Crippen LogP contribution < -0.4 is 10.2 Å². The molecular weight excluding hydrogens is 344 g/mol. The van der Waals surface area contributed by atoms with Crippen molar-refractivity contribution in [1.29, 1.82) is 0 Å². The van der Waals surface area contributed by atoms with Crippen LogP contribution in [-0.2, 0) is 4.79 Å². The van der Waals surface area contributed by atoms with Gasteiger partial charge in [-0.3, -0.25) is 4.79 Å². The molecule has 0 bridgehead atoms. The van der Waals surface area contributed by atoms with E-state index in [1.165, 1.54) is 16.7 Å². The molecule has 1 atom stereocenters. The fourth-order valence-electron chi connectivity index (χ4n) is 3.87. The molecule has 0 spiro atoms.